The molecule has 0 saturated heterocycles. The van der Waals surface area contributed by atoms with E-state index in [1.54, 1.807) is 0 Å². The maximum Gasteiger partial charge on any atom is 1.00 e. The molecule has 0 fully saturated rings. The van der Waals surface area contributed by atoms with E-state index in [9.17, 15) is 40.2 Å². The molecule has 0 aromatic carbocycles. The van der Waals surface area contributed by atoms with Crippen molar-refractivity contribution in [1.29, 1.82) is 0 Å². The molecule has 6 atom stereocenters. The second kappa shape index (κ2) is 28.8. The monoisotopic (exact) mass is 582 g/mol. The van der Waals surface area contributed by atoms with Gasteiger partial charge in [-0.25, -0.2) is 9.59 Å². The summed E-state index contributed by atoms with van der Waals surface area (Å²) in [5.41, 5.74) is 0. The van der Waals surface area contributed by atoms with E-state index in [1.807, 2.05) is 0 Å². The first-order valence-corrected chi connectivity index (χ1v) is 14.5. The number of aliphatic hydroxyl groups excluding tert-OH is 4. The molecule has 0 radical (unpaired) electrons. The molecule has 0 spiro atoms. The third kappa shape index (κ3) is 22.0. The third-order valence-electron chi connectivity index (χ3n) is 6.90. The topological polar surface area (TPSA) is 165 Å². The maximum absolute atomic E-state index is 11.7. The van der Waals surface area contributed by atoms with E-state index in [-0.39, 0.29) is 74.8 Å². The number of unbranched alkanes of at least 4 members (excludes halogenated alkanes) is 14. The van der Waals surface area contributed by atoms with Gasteiger partial charge in [0.05, 0.1) is 12.2 Å². The van der Waals surface area contributed by atoms with Gasteiger partial charge in [-0.1, -0.05) is 117 Å². The zero-order chi connectivity index (χ0) is 28.1. The number of carboxylic acid groups (broad SMARTS) is 2. The fourth-order valence-corrected chi connectivity index (χ4v) is 4.45. The maximum atomic E-state index is 11.7. The Morgan fingerprint density at radius 2 is 0.795 bits per heavy atom. The normalized spacial score (nSPS) is 15.7. The fraction of sp³-hybridized carbons (Fsp3) is 0.929. The molecule has 11 heteroatoms. The van der Waals surface area contributed by atoms with Gasteiger partial charge in [0.15, 0.2) is 12.2 Å². The third-order valence-corrected chi connectivity index (χ3v) is 6.90. The van der Waals surface area contributed by atoms with E-state index in [1.165, 1.54) is 38.5 Å². The van der Waals surface area contributed by atoms with E-state index in [0.29, 0.717) is 12.8 Å². The molecule has 39 heavy (non-hydrogen) atoms. The number of carboxylic acids is 2. The van der Waals surface area contributed by atoms with Crippen molar-refractivity contribution in [2.24, 2.45) is 0 Å². The van der Waals surface area contributed by atoms with Crippen molar-refractivity contribution in [2.45, 2.75) is 166 Å². The summed E-state index contributed by atoms with van der Waals surface area (Å²) >= 11 is 0. The average molecular weight is 583 g/mol. The van der Waals surface area contributed by atoms with Crippen LogP contribution in [0.2, 0.25) is 0 Å². The summed E-state index contributed by atoms with van der Waals surface area (Å²) in [6.07, 6.45) is 6.00. The predicted molar refractivity (Wildman–Crippen MR) is 145 cm³/mol. The van der Waals surface area contributed by atoms with Crippen LogP contribution in [0.1, 0.15) is 132 Å². The fourth-order valence-electron chi connectivity index (χ4n) is 4.45. The van der Waals surface area contributed by atoms with Crippen molar-refractivity contribution in [3.05, 3.63) is 0 Å². The van der Waals surface area contributed by atoms with Gasteiger partial charge in [-0.05, 0) is 12.8 Å². The van der Waals surface area contributed by atoms with Crippen molar-refractivity contribution in [3.63, 3.8) is 0 Å². The first-order chi connectivity index (χ1) is 17.7. The molecule has 0 heterocycles. The zero-order valence-corrected chi connectivity index (χ0v) is 29.1. The minimum absolute atomic E-state index is 0. The number of rotatable bonds is 26. The number of carbonyl (C=O) groups is 2. The van der Waals surface area contributed by atoms with Gasteiger partial charge in [-0.3, -0.25) is 0 Å². The summed E-state index contributed by atoms with van der Waals surface area (Å²) < 4.78 is 5.08. The Hall–Kier alpha value is 0.740. The smallest absolute Gasteiger partial charge is 1.00 e. The van der Waals surface area contributed by atoms with E-state index in [0.717, 1.165) is 51.4 Å². The molecule has 9 nitrogen and oxygen atoms in total. The number of aliphatic carboxylic acids is 2. The molecule has 0 saturated carbocycles. The second-order valence-electron chi connectivity index (χ2n) is 10.3. The van der Waals surface area contributed by atoms with Crippen LogP contribution >= 0.6 is 0 Å². The van der Waals surface area contributed by atoms with E-state index < -0.39 is 48.6 Å². The molecule has 6 unspecified atom stereocenters. The molecule has 0 rings (SSSR count). The van der Waals surface area contributed by atoms with E-state index in [2.05, 4.69) is 13.8 Å². The average Bonchev–Trinajstić information content (AvgIpc) is 2.86. The zero-order valence-electron chi connectivity index (χ0n) is 27.1. The Bertz CT molecular complexity index is 547. The Balaban J connectivity index is -0.00000108. The summed E-state index contributed by atoms with van der Waals surface area (Å²) in [6, 6.07) is 0. The first-order valence-electron chi connectivity index (χ1n) is 14.5. The van der Waals surface area contributed by atoms with E-state index in [4.69, 9.17) is 4.74 Å². The van der Waals surface area contributed by atoms with Crippen molar-refractivity contribution < 1.29 is 107 Å². The Morgan fingerprint density at radius 1 is 0.538 bits per heavy atom. The molecule has 0 aromatic heterocycles. The first kappa shape index (κ1) is 44.2. The number of hydrogen-bond donors (Lipinski definition) is 6. The largest absolute Gasteiger partial charge is 1.00 e. The van der Waals surface area contributed by atoms with Crippen LogP contribution in [0.25, 0.3) is 0 Å². The molecular weight excluding hydrogens is 526 g/mol. The molecule has 0 aliphatic heterocycles. The van der Waals surface area contributed by atoms with Gasteiger partial charge in [-0.15, -0.1) is 0 Å². The van der Waals surface area contributed by atoms with E-state index >= 15 is 0 Å². The summed E-state index contributed by atoms with van der Waals surface area (Å²) in [6.45, 7) is 4.31. The standard InChI is InChI=1S/C28H54O9.2Na.2H/c1-3-5-7-9-11-13-15-17-19-21(29)23(31)25(27(33)34)37-26(28(35)36)24(32)22(30)20-18-16-14-12-10-8-6-4-2;;;;/h21-26,29-32H,3-20H2,1-2H3,(H,33,34)(H,35,36);;;;/q;2*+1;2*-1. The van der Waals surface area contributed by atoms with Crippen LogP contribution in [0.15, 0.2) is 0 Å². The molecule has 0 aromatic rings. The minimum Gasteiger partial charge on any atom is -1.00 e. The van der Waals surface area contributed by atoms with Gasteiger partial charge in [-0.2, -0.15) is 0 Å². The quantitative estimate of drug-likeness (QED) is 0.0534. The molecule has 6 N–H and O–H groups in total. The van der Waals surface area contributed by atoms with Crippen LogP contribution in [-0.4, -0.2) is 79.2 Å². The number of ether oxygens (including phenoxy) is 1. The SMILES string of the molecule is CCCCCCCCCCC(O)C(O)C(OC(C(=O)O)C(O)C(O)CCCCCCCCCC)C(=O)O.[H-].[H-].[Na+].[Na+]. The predicted octanol–water partition coefficient (Wildman–Crippen LogP) is -1.35. The van der Waals surface area contributed by atoms with Gasteiger partial charge in [0.2, 0.25) is 0 Å². The molecule has 224 valence electrons. The van der Waals surface area contributed by atoms with Crippen LogP contribution < -0.4 is 59.1 Å². The summed E-state index contributed by atoms with van der Waals surface area (Å²) in [7, 11) is 0. The van der Waals surface area contributed by atoms with Gasteiger partial charge in [0, 0.05) is 0 Å². The van der Waals surface area contributed by atoms with Crippen LogP contribution in [0.3, 0.4) is 0 Å². The molecular formula is C28H56Na2O9. The van der Waals surface area contributed by atoms with Gasteiger partial charge in [0.1, 0.15) is 12.2 Å². The Labute approximate surface area is 283 Å². The second-order valence-corrected chi connectivity index (χ2v) is 10.3. The summed E-state index contributed by atoms with van der Waals surface area (Å²) in [4.78, 5) is 23.4. The van der Waals surface area contributed by atoms with Gasteiger partial charge >= 0.3 is 71.1 Å². The molecule has 0 aliphatic rings. The van der Waals surface area contributed by atoms with Crippen LogP contribution in [0.5, 0.6) is 0 Å². The van der Waals surface area contributed by atoms with Crippen molar-refractivity contribution in [3.8, 4) is 0 Å². The minimum atomic E-state index is -2.06. The Kier molecular flexibility index (Phi) is 32.7. The van der Waals surface area contributed by atoms with Crippen LogP contribution in [0.4, 0.5) is 0 Å². The van der Waals surface area contributed by atoms with Crippen LogP contribution in [0, 0.1) is 0 Å². The van der Waals surface area contributed by atoms with Crippen molar-refractivity contribution in [2.75, 3.05) is 0 Å². The summed E-state index contributed by atoms with van der Waals surface area (Å²) in [5.74, 6) is -3.31. The van der Waals surface area contributed by atoms with Crippen molar-refractivity contribution >= 4 is 11.9 Å². The number of aliphatic hydroxyl groups is 4. The molecule has 0 bridgehead atoms. The van der Waals surface area contributed by atoms with Crippen molar-refractivity contribution in [1.82, 2.24) is 0 Å². The number of hydrogen-bond acceptors (Lipinski definition) is 7. The van der Waals surface area contributed by atoms with Gasteiger partial charge < -0.3 is 38.2 Å². The molecule has 0 amide bonds. The molecule has 0 aliphatic carbocycles. The summed E-state index contributed by atoms with van der Waals surface area (Å²) in [5, 5.41) is 60.4. The van der Waals surface area contributed by atoms with Crippen LogP contribution in [-0.2, 0) is 14.3 Å². The van der Waals surface area contributed by atoms with Gasteiger partial charge in [0.25, 0.3) is 0 Å². The Morgan fingerprint density at radius 3 is 1.05 bits per heavy atom.